The molecule has 6 nitrogen and oxygen atoms in total. The summed E-state index contributed by atoms with van der Waals surface area (Å²) in [5.41, 5.74) is 8.93. The first kappa shape index (κ1) is 18.8. The van der Waals surface area contributed by atoms with Crippen LogP contribution in [-0.4, -0.2) is 21.6 Å². The van der Waals surface area contributed by atoms with Crippen molar-refractivity contribution in [2.24, 2.45) is 0 Å². The third-order valence-corrected chi connectivity index (χ3v) is 4.78. The van der Waals surface area contributed by atoms with Gasteiger partial charge in [-0.1, -0.05) is 18.2 Å². The van der Waals surface area contributed by atoms with Crippen LogP contribution >= 0.6 is 0 Å². The van der Waals surface area contributed by atoms with Crippen LogP contribution in [0.4, 0.5) is 5.82 Å². The molecule has 4 rings (SSSR count). The van der Waals surface area contributed by atoms with Gasteiger partial charge in [0.1, 0.15) is 35.0 Å². The number of nitrogens with zero attached hydrogens (tertiary/aromatic N) is 3. The highest BCUT2D eigenvalue weighted by Crippen LogP contribution is 2.36. The second-order valence-corrected chi connectivity index (χ2v) is 7.85. The summed E-state index contributed by atoms with van der Waals surface area (Å²) in [5, 5.41) is 0.865. The molecule has 148 valence electrons. The minimum atomic E-state index is -0.132. The number of hydrogen-bond acceptors (Lipinski definition) is 5. The third-order valence-electron chi connectivity index (χ3n) is 4.78. The lowest BCUT2D eigenvalue weighted by molar-refractivity contribution is 0.408. The Labute approximate surface area is 169 Å². The Morgan fingerprint density at radius 1 is 0.931 bits per heavy atom. The summed E-state index contributed by atoms with van der Waals surface area (Å²) < 4.78 is 13.3. The molecule has 2 aromatic heterocycles. The maximum Gasteiger partial charge on any atom is 0.146 e. The van der Waals surface area contributed by atoms with E-state index < -0.39 is 0 Å². The van der Waals surface area contributed by atoms with Crippen LogP contribution in [0.3, 0.4) is 0 Å². The third kappa shape index (κ3) is 3.61. The molecule has 0 aliphatic rings. The molecule has 0 aliphatic heterocycles. The second-order valence-electron chi connectivity index (χ2n) is 7.85. The van der Waals surface area contributed by atoms with Gasteiger partial charge >= 0.3 is 0 Å². The normalized spacial score (nSPS) is 11.6. The van der Waals surface area contributed by atoms with E-state index in [2.05, 4.69) is 41.5 Å². The van der Waals surface area contributed by atoms with E-state index in [1.807, 2.05) is 48.5 Å². The second kappa shape index (κ2) is 7.13. The van der Waals surface area contributed by atoms with Gasteiger partial charge in [0.2, 0.25) is 0 Å². The topological polar surface area (TPSA) is 75.2 Å². The zero-order valence-corrected chi connectivity index (χ0v) is 17.0. The van der Waals surface area contributed by atoms with Crippen molar-refractivity contribution in [1.29, 1.82) is 0 Å². The Morgan fingerprint density at radius 3 is 2.34 bits per heavy atom. The monoisotopic (exact) mass is 388 g/mol. The molecule has 0 saturated carbocycles. The quantitative estimate of drug-likeness (QED) is 0.518. The number of aromatic nitrogens is 3. The van der Waals surface area contributed by atoms with Crippen molar-refractivity contribution >= 4 is 16.9 Å². The number of nitrogens with two attached hydrogens (primary N) is 1. The fourth-order valence-corrected chi connectivity index (χ4v) is 3.32. The van der Waals surface area contributed by atoms with Gasteiger partial charge in [0.15, 0.2) is 0 Å². The highest BCUT2D eigenvalue weighted by atomic mass is 16.5. The van der Waals surface area contributed by atoms with E-state index in [1.165, 1.54) is 6.33 Å². The Morgan fingerprint density at radius 2 is 1.66 bits per heavy atom. The number of ether oxygens (including phenoxy) is 2. The average Bonchev–Trinajstić information content (AvgIpc) is 3.10. The average molecular weight is 388 g/mol. The van der Waals surface area contributed by atoms with Gasteiger partial charge in [0.25, 0.3) is 0 Å². The van der Waals surface area contributed by atoms with Crippen molar-refractivity contribution in [3.8, 4) is 28.4 Å². The van der Waals surface area contributed by atoms with Gasteiger partial charge in [-0.05, 0) is 50.6 Å². The first-order chi connectivity index (χ1) is 13.9. The Balaban J connectivity index is 1.72. The number of benzene rings is 2. The summed E-state index contributed by atoms with van der Waals surface area (Å²) in [6.45, 7) is 6.42. The Hall–Kier alpha value is -3.54. The van der Waals surface area contributed by atoms with Crippen LogP contribution in [0.1, 0.15) is 20.8 Å². The van der Waals surface area contributed by atoms with Crippen molar-refractivity contribution in [1.82, 2.24) is 14.5 Å². The summed E-state index contributed by atoms with van der Waals surface area (Å²) >= 11 is 0. The standard InChI is InChI=1S/C23H24N4O2/c1-23(2,3)27-13-19(20-21(24)25-14-26-22(20)27)15-8-10-16(11-9-15)29-18-7-5-6-17(12-18)28-4/h5-14H,1-4H3,(H2,24,25,26). The molecule has 0 spiro atoms. The lowest BCUT2D eigenvalue weighted by Crippen LogP contribution is -2.21. The van der Waals surface area contributed by atoms with Gasteiger partial charge in [0, 0.05) is 23.4 Å². The van der Waals surface area contributed by atoms with E-state index in [4.69, 9.17) is 15.2 Å². The van der Waals surface area contributed by atoms with Gasteiger partial charge in [0.05, 0.1) is 12.5 Å². The summed E-state index contributed by atoms with van der Waals surface area (Å²) in [4.78, 5) is 8.67. The van der Waals surface area contributed by atoms with Crippen molar-refractivity contribution in [3.63, 3.8) is 0 Å². The van der Waals surface area contributed by atoms with E-state index in [-0.39, 0.29) is 5.54 Å². The Bertz CT molecular complexity index is 1160. The molecule has 0 saturated heterocycles. The molecular formula is C23H24N4O2. The molecule has 0 atom stereocenters. The van der Waals surface area contributed by atoms with E-state index >= 15 is 0 Å². The molecular weight excluding hydrogens is 364 g/mol. The highest BCUT2D eigenvalue weighted by Gasteiger charge is 2.21. The lowest BCUT2D eigenvalue weighted by Gasteiger charge is -2.21. The van der Waals surface area contributed by atoms with Crippen molar-refractivity contribution < 1.29 is 9.47 Å². The molecule has 6 heteroatoms. The van der Waals surface area contributed by atoms with Crippen LogP contribution in [0.25, 0.3) is 22.2 Å². The fourth-order valence-electron chi connectivity index (χ4n) is 3.32. The predicted molar refractivity (Wildman–Crippen MR) is 115 cm³/mol. The van der Waals surface area contributed by atoms with E-state index in [1.54, 1.807) is 7.11 Å². The predicted octanol–water partition coefficient (Wildman–Crippen LogP) is 5.24. The summed E-state index contributed by atoms with van der Waals surface area (Å²) in [7, 11) is 1.64. The fraction of sp³-hybridized carbons (Fsp3) is 0.217. The zero-order chi connectivity index (χ0) is 20.6. The number of fused-ring (bicyclic) bond motifs is 1. The molecule has 4 aromatic rings. The molecule has 0 fully saturated rings. The van der Waals surface area contributed by atoms with Gasteiger partial charge in [-0.25, -0.2) is 9.97 Å². The molecule has 2 aromatic carbocycles. The number of anilines is 1. The SMILES string of the molecule is COc1cccc(Oc2ccc(-c3cn(C(C)(C)C)c4ncnc(N)c34)cc2)c1. The van der Waals surface area contributed by atoms with Crippen molar-refractivity contribution in [2.45, 2.75) is 26.3 Å². The van der Waals surface area contributed by atoms with Crippen LogP contribution in [0, 0.1) is 0 Å². The summed E-state index contributed by atoms with van der Waals surface area (Å²) in [6.07, 6.45) is 3.60. The van der Waals surface area contributed by atoms with Crippen LogP contribution in [0.15, 0.2) is 61.1 Å². The van der Waals surface area contributed by atoms with E-state index in [0.717, 1.165) is 39.4 Å². The van der Waals surface area contributed by atoms with Gasteiger partial charge < -0.3 is 19.8 Å². The maximum atomic E-state index is 6.21. The summed E-state index contributed by atoms with van der Waals surface area (Å²) in [5.74, 6) is 2.69. The molecule has 2 heterocycles. The molecule has 0 unspecified atom stereocenters. The van der Waals surface area contributed by atoms with Crippen molar-refractivity contribution in [3.05, 3.63) is 61.1 Å². The molecule has 0 bridgehead atoms. The van der Waals surface area contributed by atoms with Crippen LogP contribution < -0.4 is 15.2 Å². The largest absolute Gasteiger partial charge is 0.497 e. The zero-order valence-electron chi connectivity index (χ0n) is 17.0. The van der Waals surface area contributed by atoms with Crippen molar-refractivity contribution in [2.75, 3.05) is 12.8 Å². The molecule has 0 radical (unpaired) electrons. The van der Waals surface area contributed by atoms with Crippen LogP contribution in [-0.2, 0) is 5.54 Å². The molecule has 29 heavy (non-hydrogen) atoms. The lowest BCUT2D eigenvalue weighted by atomic mass is 10.1. The number of methoxy groups -OCH3 is 1. The summed E-state index contributed by atoms with van der Waals surface area (Å²) in [6, 6.07) is 15.4. The van der Waals surface area contributed by atoms with Crippen LogP contribution in [0.2, 0.25) is 0 Å². The first-order valence-corrected chi connectivity index (χ1v) is 9.41. The van der Waals surface area contributed by atoms with Gasteiger partial charge in [-0.2, -0.15) is 0 Å². The number of hydrogen-bond donors (Lipinski definition) is 1. The van der Waals surface area contributed by atoms with E-state index in [9.17, 15) is 0 Å². The smallest absolute Gasteiger partial charge is 0.146 e. The minimum absolute atomic E-state index is 0.132. The van der Waals surface area contributed by atoms with Gasteiger partial charge in [-0.15, -0.1) is 0 Å². The highest BCUT2D eigenvalue weighted by molar-refractivity contribution is 6.00. The first-order valence-electron chi connectivity index (χ1n) is 9.41. The molecule has 0 amide bonds. The maximum absolute atomic E-state index is 6.21. The minimum Gasteiger partial charge on any atom is -0.497 e. The molecule has 2 N–H and O–H groups in total. The van der Waals surface area contributed by atoms with Gasteiger partial charge in [-0.3, -0.25) is 0 Å². The Kier molecular flexibility index (Phi) is 4.62. The van der Waals surface area contributed by atoms with E-state index in [0.29, 0.717) is 5.82 Å². The number of rotatable bonds is 4. The molecule has 0 aliphatic carbocycles. The van der Waals surface area contributed by atoms with Crippen LogP contribution in [0.5, 0.6) is 17.2 Å². The number of nitrogen functional groups attached to an aromatic ring is 1.